The Morgan fingerprint density at radius 3 is 3.17 bits per heavy atom. The zero-order valence-corrected chi connectivity index (χ0v) is 10.3. The van der Waals surface area contributed by atoms with Crippen molar-refractivity contribution in [1.82, 2.24) is 4.98 Å². The first-order valence-corrected chi connectivity index (χ1v) is 6.13. The Morgan fingerprint density at radius 2 is 2.50 bits per heavy atom. The average molecular weight is 248 g/mol. The number of ether oxygens (including phenoxy) is 2. The molecule has 0 spiro atoms. The maximum atomic E-state index is 11.6. The summed E-state index contributed by atoms with van der Waals surface area (Å²) in [6.07, 6.45) is 4.37. The molecule has 2 fully saturated rings. The normalized spacial score (nSPS) is 33.6. The predicted molar refractivity (Wildman–Crippen MR) is 63.9 cm³/mol. The topological polar surface area (TPSA) is 74.4 Å². The minimum atomic E-state index is -0.563. The molecule has 0 aromatic carbocycles. The van der Waals surface area contributed by atoms with Crippen molar-refractivity contribution in [3.05, 3.63) is 23.9 Å². The molecule has 3 rings (SSSR count). The Labute approximate surface area is 105 Å². The number of methoxy groups -OCH3 is 1. The molecule has 0 radical (unpaired) electrons. The molecule has 1 aromatic rings. The molecule has 1 aromatic heterocycles. The highest BCUT2D eigenvalue weighted by Crippen LogP contribution is 2.54. The van der Waals surface area contributed by atoms with Crippen molar-refractivity contribution in [1.29, 1.82) is 0 Å². The molecule has 3 unspecified atom stereocenters. The van der Waals surface area contributed by atoms with Crippen LogP contribution >= 0.6 is 0 Å². The second-order valence-electron chi connectivity index (χ2n) is 4.95. The van der Waals surface area contributed by atoms with E-state index in [-0.39, 0.29) is 17.9 Å². The first-order chi connectivity index (χ1) is 8.65. The summed E-state index contributed by atoms with van der Waals surface area (Å²) in [5, 5.41) is 0. The lowest BCUT2D eigenvalue weighted by molar-refractivity contribution is -0.127. The van der Waals surface area contributed by atoms with Crippen molar-refractivity contribution in [3.63, 3.8) is 0 Å². The number of fused-ring (bicyclic) bond motifs is 2. The third-order valence-electron chi connectivity index (χ3n) is 4.05. The molecule has 3 atom stereocenters. The zero-order valence-electron chi connectivity index (χ0n) is 10.3. The predicted octanol–water partition coefficient (Wildman–Crippen LogP) is 0.970. The van der Waals surface area contributed by atoms with Gasteiger partial charge in [0.15, 0.2) is 0 Å². The lowest BCUT2D eigenvalue weighted by Gasteiger charge is -2.31. The number of primary amides is 1. The van der Waals surface area contributed by atoms with Crippen molar-refractivity contribution in [2.75, 3.05) is 7.11 Å². The number of amides is 1. The van der Waals surface area contributed by atoms with E-state index in [1.807, 2.05) is 12.1 Å². The molecule has 5 heteroatoms. The van der Waals surface area contributed by atoms with Gasteiger partial charge in [-0.25, -0.2) is 4.98 Å². The number of hydrogen-bond acceptors (Lipinski definition) is 4. The molecular formula is C13H16N2O3. The fourth-order valence-corrected chi connectivity index (χ4v) is 3.21. The van der Waals surface area contributed by atoms with Crippen LogP contribution in [0.1, 0.15) is 24.8 Å². The summed E-state index contributed by atoms with van der Waals surface area (Å²) in [5.74, 6) is 0.000352. The minimum absolute atomic E-state index is 0.154. The second-order valence-corrected chi connectivity index (χ2v) is 4.95. The SMILES string of the molecule is COc1cc(C23CCC(CC2C(N)=O)O3)ccn1. The highest BCUT2D eigenvalue weighted by molar-refractivity contribution is 5.79. The Bertz CT molecular complexity index is 491. The maximum absolute atomic E-state index is 11.6. The molecule has 2 aliphatic rings. The third-order valence-corrected chi connectivity index (χ3v) is 4.05. The van der Waals surface area contributed by atoms with Crippen LogP contribution in [0.3, 0.4) is 0 Å². The first-order valence-electron chi connectivity index (χ1n) is 6.13. The van der Waals surface area contributed by atoms with E-state index < -0.39 is 5.60 Å². The van der Waals surface area contributed by atoms with Gasteiger partial charge in [0.05, 0.1) is 19.1 Å². The number of carbonyl (C=O) groups is 1. The van der Waals surface area contributed by atoms with Crippen molar-refractivity contribution in [2.24, 2.45) is 11.7 Å². The van der Waals surface area contributed by atoms with Crippen LogP contribution < -0.4 is 10.5 Å². The Balaban J connectivity index is 2.04. The largest absolute Gasteiger partial charge is 0.481 e. The summed E-state index contributed by atoms with van der Waals surface area (Å²) in [6.45, 7) is 0. The first kappa shape index (κ1) is 11.5. The van der Waals surface area contributed by atoms with E-state index >= 15 is 0 Å². The molecule has 3 heterocycles. The van der Waals surface area contributed by atoms with E-state index in [0.717, 1.165) is 24.8 Å². The number of carbonyl (C=O) groups excluding carboxylic acids is 1. The van der Waals surface area contributed by atoms with Gasteiger partial charge in [-0.05, 0) is 30.9 Å². The number of hydrogen-bond donors (Lipinski definition) is 1. The van der Waals surface area contributed by atoms with Gasteiger partial charge in [0.1, 0.15) is 5.60 Å². The lowest BCUT2D eigenvalue weighted by atomic mass is 9.74. The Kier molecular flexibility index (Phi) is 2.52. The van der Waals surface area contributed by atoms with Crippen LogP contribution in [0.15, 0.2) is 18.3 Å². The van der Waals surface area contributed by atoms with Crippen LogP contribution in [-0.4, -0.2) is 24.1 Å². The summed E-state index contributed by atoms with van der Waals surface area (Å²) in [5.41, 5.74) is 5.89. The van der Waals surface area contributed by atoms with Gasteiger partial charge in [0, 0.05) is 12.3 Å². The molecule has 5 nitrogen and oxygen atoms in total. The van der Waals surface area contributed by atoms with E-state index in [1.54, 1.807) is 13.3 Å². The number of nitrogens with two attached hydrogens (primary N) is 1. The summed E-state index contributed by atoms with van der Waals surface area (Å²) < 4.78 is 11.2. The van der Waals surface area contributed by atoms with E-state index in [9.17, 15) is 4.79 Å². The smallest absolute Gasteiger partial charge is 0.223 e. The molecule has 0 saturated carbocycles. The van der Waals surface area contributed by atoms with Crippen LogP contribution in [-0.2, 0) is 15.1 Å². The Morgan fingerprint density at radius 1 is 1.67 bits per heavy atom. The highest BCUT2D eigenvalue weighted by Gasteiger charge is 2.56. The van der Waals surface area contributed by atoms with Gasteiger partial charge in [0.25, 0.3) is 0 Å². The fourth-order valence-electron chi connectivity index (χ4n) is 3.21. The van der Waals surface area contributed by atoms with Crippen LogP contribution in [0.5, 0.6) is 5.88 Å². The Hall–Kier alpha value is -1.62. The van der Waals surface area contributed by atoms with Gasteiger partial charge < -0.3 is 15.2 Å². The number of pyridine rings is 1. The summed E-state index contributed by atoms with van der Waals surface area (Å²) in [7, 11) is 1.57. The van der Waals surface area contributed by atoms with E-state index in [0.29, 0.717) is 5.88 Å². The van der Waals surface area contributed by atoms with Crippen molar-refractivity contribution in [2.45, 2.75) is 31.0 Å². The number of aromatic nitrogens is 1. The van der Waals surface area contributed by atoms with Crippen LogP contribution in [0.25, 0.3) is 0 Å². The average Bonchev–Trinajstić information content (AvgIpc) is 2.98. The van der Waals surface area contributed by atoms with Crippen molar-refractivity contribution >= 4 is 5.91 Å². The van der Waals surface area contributed by atoms with E-state index in [2.05, 4.69) is 4.98 Å². The molecule has 96 valence electrons. The molecular weight excluding hydrogens is 232 g/mol. The molecule has 2 saturated heterocycles. The fraction of sp³-hybridized carbons (Fsp3) is 0.538. The van der Waals surface area contributed by atoms with Gasteiger partial charge >= 0.3 is 0 Å². The molecule has 2 aliphatic heterocycles. The quantitative estimate of drug-likeness (QED) is 0.865. The molecule has 1 amide bonds. The standard InChI is InChI=1S/C13H16N2O3/c1-17-11-6-8(3-5-15-11)13-4-2-9(18-13)7-10(13)12(14)16/h3,5-6,9-10H,2,4,7H2,1H3,(H2,14,16). The van der Waals surface area contributed by atoms with Gasteiger partial charge in [-0.2, -0.15) is 0 Å². The number of nitrogens with zero attached hydrogens (tertiary/aromatic N) is 1. The van der Waals surface area contributed by atoms with Crippen molar-refractivity contribution in [3.8, 4) is 5.88 Å². The second kappa shape index (κ2) is 3.95. The van der Waals surface area contributed by atoms with Gasteiger partial charge in [-0.1, -0.05) is 0 Å². The van der Waals surface area contributed by atoms with Crippen molar-refractivity contribution < 1.29 is 14.3 Å². The summed E-state index contributed by atoms with van der Waals surface area (Å²) >= 11 is 0. The zero-order chi connectivity index (χ0) is 12.8. The minimum Gasteiger partial charge on any atom is -0.481 e. The van der Waals surface area contributed by atoms with Gasteiger partial charge in [0.2, 0.25) is 11.8 Å². The van der Waals surface area contributed by atoms with E-state index in [1.165, 1.54) is 0 Å². The van der Waals surface area contributed by atoms with E-state index in [4.69, 9.17) is 15.2 Å². The number of rotatable bonds is 3. The van der Waals surface area contributed by atoms with Crippen LogP contribution in [0.4, 0.5) is 0 Å². The monoisotopic (exact) mass is 248 g/mol. The van der Waals surface area contributed by atoms with Crippen LogP contribution in [0.2, 0.25) is 0 Å². The highest BCUT2D eigenvalue weighted by atomic mass is 16.5. The summed E-state index contributed by atoms with van der Waals surface area (Å²) in [4.78, 5) is 15.7. The molecule has 0 aliphatic carbocycles. The van der Waals surface area contributed by atoms with Gasteiger partial charge in [-0.15, -0.1) is 0 Å². The van der Waals surface area contributed by atoms with Crippen LogP contribution in [0, 0.1) is 5.92 Å². The third kappa shape index (κ3) is 1.50. The maximum Gasteiger partial charge on any atom is 0.223 e. The molecule has 2 bridgehead atoms. The molecule has 18 heavy (non-hydrogen) atoms. The lowest BCUT2D eigenvalue weighted by Crippen LogP contribution is -2.40. The molecule has 2 N–H and O–H groups in total. The van der Waals surface area contributed by atoms with Gasteiger partial charge in [-0.3, -0.25) is 4.79 Å². The summed E-state index contributed by atoms with van der Waals surface area (Å²) in [6, 6.07) is 3.72.